The molecule has 0 aliphatic heterocycles. The molecule has 0 bridgehead atoms. The number of benzene rings is 1. The number of methoxy groups -OCH3 is 1. The molecule has 13 heavy (non-hydrogen) atoms. The predicted octanol–water partition coefficient (Wildman–Crippen LogP) is 2.88. The molecule has 0 saturated carbocycles. The minimum Gasteiger partial charge on any atom is -0.465 e. The highest BCUT2D eigenvalue weighted by Crippen LogP contribution is 2.08. The molecular weight excluding hydrogens is 279 g/mol. The minimum absolute atomic E-state index is 0.302. The summed E-state index contributed by atoms with van der Waals surface area (Å²) in [6, 6.07) is 7.29. The van der Waals surface area contributed by atoms with Crippen LogP contribution in [0.4, 0.5) is 0 Å². The van der Waals surface area contributed by atoms with Crippen LogP contribution in [0.3, 0.4) is 0 Å². The minimum atomic E-state index is -0.302. The average Bonchev–Trinajstić information content (AvgIpc) is 2.18. The fraction of sp³-hybridized carbons (Fsp3) is 0.100. The Hall–Kier alpha value is -0.840. The summed E-state index contributed by atoms with van der Waals surface area (Å²) in [5, 5.41) is 0. The van der Waals surface area contributed by atoms with Crippen molar-refractivity contribution >= 4 is 34.6 Å². The maximum Gasteiger partial charge on any atom is 0.337 e. The highest BCUT2D eigenvalue weighted by molar-refractivity contribution is 14.1. The van der Waals surface area contributed by atoms with Crippen LogP contribution >= 0.6 is 22.6 Å². The van der Waals surface area contributed by atoms with Gasteiger partial charge in [0, 0.05) is 0 Å². The molecule has 1 aromatic rings. The molecule has 0 spiro atoms. The van der Waals surface area contributed by atoms with E-state index in [-0.39, 0.29) is 5.97 Å². The Labute approximate surface area is 90.7 Å². The zero-order chi connectivity index (χ0) is 9.68. The van der Waals surface area contributed by atoms with Crippen LogP contribution in [0.5, 0.6) is 0 Å². The summed E-state index contributed by atoms with van der Waals surface area (Å²) >= 11 is 2.13. The van der Waals surface area contributed by atoms with Gasteiger partial charge in [0.1, 0.15) is 0 Å². The van der Waals surface area contributed by atoms with Crippen LogP contribution < -0.4 is 0 Å². The molecule has 2 nitrogen and oxygen atoms in total. The van der Waals surface area contributed by atoms with Crippen molar-refractivity contribution in [1.82, 2.24) is 0 Å². The molecule has 0 aromatic heterocycles. The molecule has 0 N–H and O–H groups in total. The van der Waals surface area contributed by atoms with Crippen molar-refractivity contribution in [1.29, 1.82) is 0 Å². The SMILES string of the molecule is COC(=O)c1cccc(/C=C\I)c1. The summed E-state index contributed by atoms with van der Waals surface area (Å²) in [7, 11) is 1.38. The van der Waals surface area contributed by atoms with Gasteiger partial charge in [-0.15, -0.1) is 0 Å². The lowest BCUT2D eigenvalue weighted by molar-refractivity contribution is 0.0600. The summed E-state index contributed by atoms with van der Waals surface area (Å²) in [5.41, 5.74) is 1.58. The Morgan fingerprint density at radius 1 is 1.54 bits per heavy atom. The maximum atomic E-state index is 11.1. The van der Waals surface area contributed by atoms with Crippen LogP contribution in [0, 0.1) is 0 Å². The second-order valence-electron chi connectivity index (χ2n) is 2.41. The number of ether oxygens (including phenoxy) is 1. The van der Waals surface area contributed by atoms with E-state index in [1.54, 1.807) is 12.1 Å². The van der Waals surface area contributed by atoms with Crippen molar-refractivity contribution in [3.8, 4) is 0 Å². The number of hydrogen-bond donors (Lipinski definition) is 0. The topological polar surface area (TPSA) is 26.3 Å². The smallest absolute Gasteiger partial charge is 0.337 e. The van der Waals surface area contributed by atoms with Crippen molar-refractivity contribution < 1.29 is 9.53 Å². The van der Waals surface area contributed by atoms with Gasteiger partial charge in [0.15, 0.2) is 0 Å². The molecule has 0 atom stereocenters. The molecule has 0 fully saturated rings. The van der Waals surface area contributed by atoms with E-state index in [4.69, 9.17) is 0 Å². The van der Waals surface area contributed by atoms with Crippen molar-refractivity contribution in [3.05, 3.63) is 39.5 Å². The summed E-state index contributed by atoms with van der Waals surface area (Å²) in [4.78, 5) is 11.1. The van der Waals surface area contributed by atoms with Crippen LogP contribution in [0.2, 0.25) is 0 Å². The number of rotatable bonds is 2. The van der Waals surface area contributed by atoms with E-state index < -0.39 is 0 Å². The van der Waals surface area contributed by atoms with Gasteiger partial charge >= 0.3 is 5.97 Å². The first kappa shape index (κ1) is 10.2. The van der Waals surface area contributed by atoms with Gasteiger partial charge in [-0.2, -0.15) is 0 Å². The molecule has 0 aliphatic carbocycles. The van der Waals surface area contributed by atoms with Gasteiger partial charge in [-0.3, -0.25) is 0 Å². The van der Waals surface area contributed by atoms with Gasteiger partial charge in [-0.25, -0.2) is 4.79 Å². The zero-order valence-corrected chi connectivity index (χ0v) is 9.32. The van der Waals surface area contributed by atoms with Crippen LogP contribution in [-0.2, 0) is 4.74 Å². The van der Waals surface area contributed by atoms with E-state index in [0.717, 1.165) is 5.56 Å². The lowest BCUT2D eigenvalue weighted by Gasteiger charge is -1.99. The average molecular weight is 288 g/mol. The van der Waals surface area contributed by atoms with E-state index in [1.165, 1.54) is 7.11 Å². The monoisotopic (exact) mass is 288 g/mol. The number of halogens is 1. The first-order valence-electron chi connectivity index (χ1n) is 3.73. The molecule has 0 radical (unpaired) electrons. The second kappa shape index (κ2) is 5.01. The van der Waals surface area contributed by atoms with E-state index in [1.807, 2.05) is 22.3 Å². The Balaban J connectivity index is 2.98. The standard InChI is InChI=1S/C10H9IO2/c1-13-10(12)9-4-2-3-8(7-9)5-6-11/h2-7H,1H3/b6-5-. The fourth-order valence-corrected chi connectivity index (χ4v) is 1.38. The van der Waals surface area contributed by atoms with Gasteiger partial charge in [-0.05, 0) is 27.9 Å². The molecule has 3 heteroatoms. The highest BCUT2D eigenvalue weighted by Gasteiger charge is 2.03. The van der Waals surface area contributed by atoms with Crippen LogP contribution in [0.15, 0.2) is 28.3 Å². The van der Waals surface area contributed by atoms with E-state index in [9.17, 15) is 4.79 Å². The van der Waals surface area contributed by atoms with E-state index in [2.05, 4.69) is 27.3 Å². The number of carbonyl (C=O) groups is 1. The first-order valence-corrected chi connectivity index (χ1v) is 4.97. The third-order valence-corrected chi connectivity index (χ3v) is 1.92. The molecule has 0 amide bonds. The largest absolute Gasteiger partial charge is 0.465 e. The van der Waals surface area contributed by atoms with Crippen LogP contribution in [0.25, 0.3) is 6.08 Å². The molecule has 0 aliphatic rings. The quantitative estimate of drug-likeness (QED) is 0.618. The van der Waals surface area contributed by atoms with Crippen LogP contribution in [-0.4, -0.2) is 13.1 Å². The predicted molar refractivity (Wildman–Crippen MR) is 60.8 cm³/mol. The van der Waals surface area contributed by atoms with Gasteiger partial charge in [0.25, 0.3) is 0 Å². The lowest BCUT2D eigenvalue weighted by Crippen LogP contribution is -2.00. The van der Waals surface area contributed by atoms with E-state index >= 15 is 0 Å². The molecule has 1 rings (SSSR count). The Bertz CT molecular complexity index is 331. The van der Waals surface area contributed by atoms with Crippen molar-refractivity contribution in [2.45, 2.75) is 0 Å². The summed E-state index contributed by atoms with van der Waals surface area (Å²) < 4.78 is 6.50. The third-order valence-electron chi connectivity index (χ3n) is 1.56. The number of hydrogen-bond acceptors (Lipinski definition) is 2. The summed E-state index contributed by atoms with van der Waals surface area (Å²) in [6.07, 6.45) is 1.92. The Kier molecular flexibility index (Phi) is 3.95. The molecule has 68 valence electrons. The van der Waals surface area contributed by atoms with Crippen LogP contribution in [0.1, 0.15) is 15.9 Å². The number of esters is 1. The Morgan fingerprint density at radius 3 is 2.92 bits per heavy atom. The lowest BCUT2D eigenvalue weighted by atomic mass is 10.1. The molecule has 0 saturated heterocycles. The molecule has 0 unspecified atom stereocenters. The normalized spacial score (nSPS) is 10.3. The zero-order valence-electron chi connectivity index (χ0n) is 7.16. The van der Waals surface area contributed by atoms with Crippen molar-refractivity contribution in [3.63, 3.8) is 0 Å². The Morgan fingerprint density at radius 2 is 2.31 bits per heavy atom. The molecular formula is C10H9IO2. The van der Waals surface area contributed by atoms with Gasteiger partial charge in [0.2, 0.25) is 0 Å². The summed E-state index contributed by atoms with van der Waals surface area (Å²) in [6.45, 7) is 0. The molecule has 1 aromatic carbocycles. The molecule has 0 heterocycles. The van der Waals surface area contributed by atoms with Crippen molar-refractivity contribution in [2.75, 3.05) is 7.11 Å². The fourth-order valence-electron chi connectivity index (χ4n) is 0.960. The second-order valence-corrected chi connectivity index (χ2v) is 3.13. The van der Waals surface area contributed by atoms with E-state index in [0.29, 0.717) is 5.56 Å². The van der Waals surface area contributed by atoms with Crippen molar-refractivity contribution in [2.24, 2.45) is 0 Å². The number of carbonyl (C=O) groups excluding carboxylic acids is 1. The maximum absolute atomic E-state index is 11.1. The summed E-state index contributed by atoms with van der Waals surface area (Å²) in [5.74, 6) is -0.302. The van der Waals surface area contributed by atoms with Gasteiger partial charge < -0.3 is 4.74 Å². The van der Waals surface area contributed by atoms with Gasteiger partial charge in [0.05, 0.1) is 12.7 Å². The first-order chi connectivity index (χ1) is 6.27. The van der Waals surface area contributed by atoms with Gasteiger partial charge in [-0.1, -0.05) is 34.7 Å². The highest BCUT2D eigenvalue weighted by atomic mass is 127. The third kappa shape index (κ3) is 2.84.